The molecule has 0 spiro atoms. The van der Waals surface area contributed by atoms with Crippen molar-refractivity contribution < 1.29 is 9.18 Å². The molecule has 1 N–H and O–H groups in total. The van der Waals surface area contributed by atoms with Crippen LogP contribution in [0.3, 0.4) is 0 Å². The predicted molar refractivity (Wildman–Crippen MR) is 108 cm³/mol. The summed E-state index contributed by atoms with van der Waals surface area (Å²) >= 11 is 0. The normalized spacial score (nSPS) is 20.1. The van der Waals surface area contributed by atoms with E-state index in [1.165, 1.54) is 11.6 Å². The number of fused-ring (bicyclic) bond motifs is 2. The molecule has 0 saturated carbocycles. The molecule has 7 heteroatoms. The molecule has 6 nitrogen and oxygen atoms in total. The van der Waals surface area contributed by atoms with E-state index in [4.69, 9.17) is 4.98 Å². The lowest BCUT2D eigenvalue weighted by molar-refractivity contribution is 0.0699. The van der Waals surface area contributed by atoms with Crippen LogP contribution in [0.1, 0.15) is 46.3 Å². The number of piperidine rings is 1. The first kappa shape index (κ1) is 18.2. The third-order valence-electron chi connectivity index (χ3n) is 6.06. The van der Waals surface area contributed by atoms with Gasteiger partial charge in [0.05, 0.1) is 0 Å². The number of likely N-dealkylation sites (N-methyl/N-ethyl adjacent to an activating group) is 1. The maximum atomic E-state index is 14.0. The number of carbonyl (C=O) groups is 1. The van der Waals surface area contributed by atoms with Crippen molar-refractivity contribution in [3.63, 3.8) is 0 Å². The van der Waals surface area contributed by atoms with Gasteiger partial charge in [-0.05, 0) is 38.1 Å². The average Bonchev–Trinajstić information content (AvgIpc) is 3.19. The quantitative estimate of drug-likeness (QED) is 0.727. The van der Waals surface area contributed by atoms with E-state index >= 15 is 0 Å². The molecule has 1 atom stereocenters. The first-order chi connectivity index (χ1) is 14.1. The first-order valence-electron chi connectivity index (χ1n) is 10.2. The van der Waals surface area contributed by atoms with Crippen LogP contribution in [-0.2, 0) is 13.0 Å². The van der Waals surface area contributed by atoms with Gasteiger partial charge in [-0.2, -0.15) is 0 Å². The molecule has 1 unspecified atom stereocenters. The Labute approximate surface area is 168 Å². The molecule has 2 aliphatic rings. The van der Waals surface area contributed by atoms with E-state index in [-0.39, 0.29) is 17.6 Å². The van der Waals surface area contributed by atoms with Gasteiger partial charge in [-0.25, -0.2) is 14.4 Å². The monoisotopic (exact) mass is 393 g/mol. The fourth-order valence-electron chi connectivity index (χ4n) is 4.45. The van der Waals surface area contributed by atoms with Crippen molar-refractivity contribution >= 4 is 16.8 Å². The number of aromatic amines is 1. The molecular formula is C22H24FN5O. The second kappa shape index (κ2) is 7.22. The zero-order chi connectivity index (χ0) is 20.0. The summed E-state index contributed by atoms with van der Waals surface area (Å²) in [6.07, 6.45) is 4.78. The highest BCUT2D eigenvalue weighted by Crippen LogP contribution is 2.28. The molecule has 1 aromatic carbocycles. The van der Waals surface area contributed by atoms with Gasteiger partial charge in [0.15, 0.2) is 0 Å². The zero-order valence-corrected chi connectivity index (χ0v) is 16.5. The fourth-order valence-corrected chi connectivity index (χ4v) is 4.45. The number of aromatic nitrogens is 3. The highest BCUT2D eigenvalue weighted by atomic mass is 19.1. The maximum absolute atomic E-state index is 14.0. The summed E-state index contributed by atoms with van der Waals surface area (Å²) in [4.78, 5) is 29.7. The smallest absolute Gasteiger partial charge is 0.270 e. The Morgan fingerprint density at radius 3 is 3.07 bits per heavy atom. The van der Waals surface area contributed by atoms with Gasteiger partial charge in [0.2, 0.25) is 0 Å². The van der Waals surface area contributed by atoms with Crippen molar-refractivity contribution in [1.82, 2.24) is 24.8 Å². The Hall–Kier alpha value is -2.80. The number of rotatable bonds is 2. The average molecular weight is 393 g/mol. The summed E-state index contributed by atoms with van der Waals surface area (Å²) in [5, 5.41) is 0.451. The minimum Gasteiger partial charge on any atom is -0.350 e. The van der Waals surface area contributed by atoms with Crippen LogP contribution in [0.2, 0.25) is 0 Å². The van der Waals surface area contributed by atoms with Crippen LogP contribution in [0.5, 0.6) is 0 Å². The SMILES string of the molecule is CN1CCc2nc(C3CCCN(C(=O)c4cc5c(F)cccc5[nH]4)C3)ncc2C1. The molecule has 4 heterocycles. The summed E-state index contributed by atoms with van der Waals surface area (Å²) in [6.45, 7) is 3.19. The second-order valence-corrected chi connectivity index (χ2v) is 8.16. The molecule has 5 rings (SSSR count). The van der Waals surface area contributed by atoms with Crippen molar-refractivity contribution in [3.8, 4) is 0 Å². The van der Waals surface area contributed by atoms with E-state index < -0.39 is 0 Å². The Morgan fingerprint density at radius 1 is 1.31 bits per heavy atom. The Kier molecular flexibility index (Phi) is 4.54. The number of halogens is 1. The number of nitrogens with zero attached hydrogens (tertiary/aromatic N) is 4. The standard InChI is InChI=1S/C22H24FN5O/c1-27-9-7-18-15(12-27)11-24-21(26-18)14-4-3-8-28(13-14)22(29)20-10-16-17(23)5-2-6-19(16)25-20/h2,5-6,10-11,14,25H,3-4,7-9,12-13H2,1H3. The molecule has 150 valence electrons. The minimum atomic E-state index is -0.317. The largest absolute Gasteiger partial charge is 0.350 e. The van der Waals surface area contributed by atoms with Crippen LogP contribution < -0.4 is 0 Å². The Bertz CT molecular complexity index is 1080. The minimum absolute atomic E-state index is 0.0927. The van der Waals surface area contributed by atoms with Crippen molar-refractivity contribution in [1.29, 1.82) is 0 Å². The number of benzene rings is 1. The van der Waals surface area contributed by atoms with Crippen molar-refractivity contribution in [3.05, 3.63) is 59.1 Å². The maximum Gasteiger partial charge on any atom is 0.270 e. The van der Waals surface area contributed by atoms with Crippen LogP contribution in [0.15, 0.2) is 30.5 Å². The predicted octanol–water partition coefficient (Wildman–Crippen LogP) is 3.10. The van der Waals surface area contributed by atoms with E-state index in [1.54, 1.807) is 18.2 Å². The molecular weight excluding hydrogens is 369 g/mol. The third-order valence-corrected chi connectivity index (χ3v) is 6.06. The number of hydrogen-bond acceptors (Lipinski definition) is 4. The highest BCUT2D eigenvalue weighted by molar-refractivity contribution is 5.98. The van der Waals surface area contributed by atoms with E-state index in [0.717, 1.165) is 43.9 Å². The lowest BCUT2D eigenvalue weighted by Gasteiger charge is -2.32. The van der Waals surface area contributed by atoms with Gasteiger partial charge in [-0.1, -0.05) is 6.07 Å². The van der Waals surface area contributed by atoms with Gasteiger partial charge in [-0.3, -0.25) is 4.79 Å². The van der Waals surface area contributed by atoms with E-state index in [0.29, 0.717) is 29.7 Å². The summed E-state index contributed by atoms with van der Waals surface area (Å²) in [6, 6.07) is 6.45. The van der Waals surface area contributed by atoms with Gasteiger partial charge in [0.1, 0.15) is 17.3 Å². The van der Waals surface area contributed by atoms with Gasteiger partial charge >= 0.3 is 0 Å². The Morgan fingerprint density at radius 2 is 2.21 bits per heavy atom. The number of hydrogen-bond donors (Lipinski definition) is 1. The number of carbonyl (C=O) groups excluding carboxylic acids is 1. The number of likely N-dealkylation sites (tertiary alicyclic amines) is 1. The van der Waals surface area contributed by atoms with Gasteiger partial charge in [-0.15, -0.1) is 0 Å². The molecule has 29 heavy (non-hydrogen) atoms. The zero-order valence-electron chi connectivity index (χ0n) is 16.5. The molecule has 3 aromatic rings. The van der Waals surface area contributed by atoms with Crippen LogP contribution >= 0.6 is 0 Å². The highest BCUT2D eigenvalue weighted by Gasteiger charge is 2.29. The van der Waals surface area contributed by atoms with Gasteiger partial charge in [0, 0.05) is 66.9 Å². The van der Waals surface area contributed by atoms with E-state index in [2.05, 4.69) is 21.9 Å². The molecule has 1 amide bonds. The van der Waals surface area contributed by atoms with Gasteiger partial charge < -0.3 is 14.8 Å². The number of H-pyrrole nitrogens is 1. The third kappa shape index (κ3) is 3.40. The lowest BCUT2D eigenvalue weighted by Crippen LogP contribution is -2.40. The van der Waals surface area contributed by atoms with Crippen molar-refractivity contribution in [2.75, 3.05) is 26.7 Å². The molecule has 0 radical (unpaired) electrons. The summed E-state index contributed by atoms with van der Waals surface area (Å²) in [5.41, 5.74) is 3.42. The topological polar surface area (TPSA) is 65.1 Å². The number of amides is 1. The molecule has 0 aliphatic carbocycles. The lowest BCUT2D eigenvalue weighted by atomic mass is 9.96. The summed E-state index contributed by atoms with van der Waals surface area (Å²) < 4.78 is 14.0. The fraction of sp³-hybridized carbons (Fsp3) is 0.409. The van der Waals surface area contributed by atoms with Gasteiger partial charge in [0.25, 0.3) is 5.91 Å². The van der Waals surface area contributed by atoms with Crippen LogP contribution in [-0.4, -0.2) is 57.3 Å². The summed E-state index contributed by atoms with van der Waals surface area (Å²) in [7, 11) is 2.11. The second-order valence-electron chi connectivity index (χ2n) is 8.16. The molecule has 2 aliphatic heterocycles. The number of nitrogens with one attached hydrogen (secondary N) is 1. The first-order valence-corrected chi connectivity index (χ1v) is 10.2. The summed E-state index contributed by atoms with van der Waals surface area (Å²) in [5.74, 6) is 0.569. The molecule has 1 saturated heterocycles. The van der Waals surface area contributed by atoms with Crippen molar-refractivity contribution in [2.24, 2.45) is 0 Å². The molecule has 1 fully saturated rings. The van der Waals surface area contributed by atoms with E-state index in [1.807, 2.05) is 11.1 Å². The van der Waals surface area contributed by atoms with E-state index in [9.17, 15) is 9.18 Å². The van der Waals surface area contributed by atoms with Crippen LogP contribution in [0, 0.1) is 5.82 Å². The van der Waals surface area contributed by atoms with Crippen molar-refractivity contribution in [2.45, 2.75) is 31.7 Å². The molecule has 0 bridgehead atoms. The molecule has 2 aromatic heterocycles. The Balaban J connectivity index is 1.36. The van der Waals surface area contributed by atoms with Crippen LogP contribution in [0.4, 0.5) is 4.39 Å². The van der Waals surface area contributed by atoms with Crippen LogP contribution in [0.25, 0.3) is 10.9 Å².